The molecule has 0 radical (unpaired) electrons. The maximum Gasteiger partial charge on any atom is 0.0687 e. The molecule has 2 nitrogen and oxygen atoms in total. The molecule has 0 saturated carbocycles. The van der Waals surface area contributed by atoms with Gasteiger partial charge in [-0.15, -0.1) is 6.58 Å². The first-order valence-electron chi connectivity index (χ1n) is 5.34. The van der Waals surface area contributed by atoms with Crippen LogP contribution in [-0.4, -0.2) is 24.5 Å². The molecule has 2 heteroatoms. The highest BCUT2D eigenvalue weighted by molar-refractivity contribution is 4.99. The summed E-state index contributed by atoms with van der Waals surface area (Å²) in [6.07, 6.45) is 3.11. The summed E-state index contributed by atoms with van der Waals surface area (Å²) in [5, 5.41) is 8.97. The van der Waals surface area contributed by atoms with Crippen LogP contribution in [0.5, 0.6) is 0 Å². The van der Waals surface area contributed by atoms with Crippen LogP contribution in [0.1, 0.15) is 33.1 Å². The van der Waals surface area contributed by atoms with Gasteiger partial charge in [-0.2, -0.15) is 5.26 Å². The van der Waals surface area contributed by atoms with Crippen LogP contribution in [0.15, 0.2) is 12.2 Å². The van der Waals surface area contributed by atoms with E-state index in [4.69, 9.17) is 5.26 Å². The van der Waals surface area contributed by atoms with Gasteiger partial charge in [0.05, 0.1) is 11.5 Å². The number of nitriles is 1. The van der Waals surface area contributed by atoms with Crippen LogP contribution >= 0.6 is 0 Å². The molecule has 0 amide bonds. The number of likely N-dealkylation sites (tertiary alicyclic amines) is 1. The first-order chi connectivity index (χ1) is 6.56. The number of hydrogen-bond donors (Lipinski definition) is 0. The van der Waals surface area contributed by atoms with Crippen molar-refractivity contribution < 1.29 is 0 Å². The summed E-state index contributed by atoms with van der Waals surface area (Å²) in [6, 6.07) is 2.42. The fourth-order valence-corrected chi connectivity index (χ4v) is 1.73. The molecule has 0 aromatic rings. The standard InChI is InChI=1S/C12H20N2/c1-11(2)4-7-14-8-5-12(3,10-13)6-9-14/h1,4-9H2,2-3H3. The number of piperidine rings is 1. The molecule has 1 rings (SSSR count). The third kappa shape index (κ3) is 3.16. The summed E-state index contributed by atoms with van der Waals surface area (Å²) in [5.74, 6) is 0. The van der Waals surface area contributed by atoms with Crippen molar-refractivity contribution in [1.82, 2.24) is 4.90 Å². The van der Waals surface area contributed by atoms with E-state index in [1.807, 2.05) is 0 Å². The first kappa shape index (κ1) is 11.3. The lowest BCUT2D eigenvalue weighted by atomic mass is 9.82. The SMILES string of the molecule is C=C(C)CCN1CCC(C)(C#N)CC1. The van der Waals surface area contributed by atoms with Crippen LogP contribution in [0.4, 0.5) is 0 Å². The van der Waals surface area contributed by atoms with Crippen LogP contribution in [0.3, 0.4) is 0 Å². The third-order valence-electron chi connectivity index (χ3n) is 3.08. The highest BCUT2D eigenvalue weighted by Gasteiger charge is 2.29. The Balaban J connectivity index is 2.30. The number of nitrogens with zero attached hydrogens (tertiary/aromatic N) is 2. The van der Waals surface area contributed by atoms with Gasteiger partial charge in [-0.25, -0.2) is 0 Å². The van der Waals surface area contributed by atoms with Gasteiger partial charge in [0.1, 0.15) is 0 Å². The summed E-state index contributed by atoms with van der Waals surface area (Å²) in [7, 11) is 0. The molecule has 0 aromatic carbocycles. The van der Waals surface area contributed by atoms with Gasteiger partial charge in [0.25, 0.3) is 0 Å². The van der Waals surface area contributed by atoms with E-state index < -0.39 is 0 Å². The van der Waals surface area contributed by atoms with E-state index in [0.717, 1.165) is 38.9 Å². The van der Waals surface area contributed by atoms with Crippen molar-refractivity contribution >= 4 is 0 Å². The van der Waals surface area contributed by atoms with Gasteiger partial charge in [0.2, 0.25) is 0 Å². The molecule has 1 heterocycles. The molecule has 1 fully saturated rings. The molecule has 78 valence electrons. The Morgan fingerprint density at radius 1 is 1.50 bits per heavy atom. The minimum absolute atomic E-state index is 0.0697. The molecule has 0 N–H and O–H groups in total. The summed E-state index contributed by atoms with van der Waals surface area (Å²) >= 11 is 0. The maximum absolute atomic E-state index is 8.97. The van der Waals surface area contributed by atoms with E-state index in [1.54, 1.807) is 0 Å². The first-order valence-corrected chi connectivity index (χ1v) is 5.34. The molecule has 1 saturated heterocycles. The predicted octanol–water partition coefficient (Wildman–Crippen LogP) is 2.58. The largest absolute Gasteiger partial charge is 0.303 e. The predicted molar refractivity (Wildman–Crippen MR) is 58.8 cm³/mol. The molecule has 1 aliphatic rings. The van der Waals surface area contributed by atoms with Crippen molar-refractivity contribution in [2.45, 2.75) is 33.1 Å². The molecule has 0 aromatic heterocycles. The van der Waals surface area contributed by atoms with Crippen molar-refractivity contribution in [2.75, 3.05) is 19.6 Å². The molecule has 1 aliphatic heterocycles. The fraction of sp³-hybridized carbons (Fsp3) is 0.750. The van der Waals surface area contributed by atoms with Crippen LogP contribution in [-0.2, 0) is 0 Å². The van der Waals surface area contributed by atoms with Crippen molar-refractivity contribution in [1.29, 1.82) is 5.26 Å². The smallest absolute Gasteiger partial charge is 0.0687 e. The summed E-state index contributed by atoms with van der Waals surface area (Å²) < 4.78 is 0. The average molecular weight is 192 g/mol. The second kappa shape index (κ2) is 4.61. The Labute approximate surface area is 87.2 Å². The summed E-state index contributed by atoms with van der Waals surface area (Å²) in [5.41, 5.74) is 1.18. The molecule has 0 atom stereocenters. The number of hydrogen-bond acceptors (Lipinski definition) is 2. The normalized spacial score (nSPS) is 21.5. The van der Waals surface area contributed by atoms with E-state index in [2.05, 4.69) is 31.4 Å². The van der Waals surface area contributed by atoms with E-state index in [1.165, 1.54) is 5.57 Å². The molecule has 14 heavy (non-hydrogen) atoms. The van der Waals surface area contributed by atoms with Gasteiger partial charge in [0.15, 0.2) is 0 Å². The topological polar surface area (TPSA) is 27.0 Å². The lowest BCUT2D eigenvalue weighted by Gasteiger charge is -2.34. The number of rotatable bonds is 3. The lowest BCUT2D eigenvalue weighted by Crippen LogP contribution is -2.38. The van der Waals surface area contributed by atoms with Crippen LogP contribution in [0.25, 0.3) is 0 Å². The van der Waals surface area contributed by atoms with E-state index in [0.29, 0.717) is 0 Å². The Morgan fingerprint density at radius 3 is 2.50 bits per heavy atom. The van der Waals surface area contributed by atoms with E-state index >= 15 is 0 Å². The highest BCUT2D eigenvalue weighted by atomic mass is 15.1. The molecular formula is C12H20N2. The highest BCUT2D eigenvalue weighted by Crippen LogP contribution is 2.29. The van der Waals surface area contributed by atoms with Gasteiger partial charge in [-0.1, -0.05) is 5.57 Å². The zero-order chi connectivity index (χ0) is 10.6. The lowest BCUT2D eigenvalue weighted by molar-refractivity contribution is 0.158. The van der Waals surface area contributed by atoms with Crippen molar-refractivity contribution in [3.63, 3.8) is 0 Å². The zero-order valence-electron chi connectivity index (χ0n) is 9.34. The molecule has 0 unspecified atom stereocenters. The van der Waals surface area contributed by atoms with E-state index in [-0.39, 0.29) is 5.41 Å². The Morgan fingerprint density at radius 2 is 2.07 bits per heavy atom. The maximum atomic E-state index is 8.97. The van der Waals surface area contributed by atoms with Gasteiger partial charge >= 0.3 is 0 Å². The van der Waals surface area contributed by atoms with Crippen molar-refractivity contribution in [3.8, 4) is 6.07 Å². The minimum Gasteiger partial charge on any atom is -0.303 e. The van der Waals surface area contributed by atoms with Gasteiger partial charge in [0, 0.05) is 6.54 Å². The quantitative estimate of drug-likeness (QED) is 0.643. The Hall–Kier alpha value is -0.810. The molecular weight excluding hydrogens is 172 g/mol. The summed E-state index contributed by atoms with van der Waals surface area (Å²) in [6.45, 7) is 11.3. The van der Waals surface area contributed by atoms with Crippen LogP contribution in [0.2, 0.25) is 0 Å². The Kier molecular flexibility index (Phi) is 3.71. The second-order valence-corrected chi connectivity index (χ2v) is 4.72. The van der Waals surface area contributed by atoms with Gasteiger partial charge < -0.3 is 4.90 Å². The third-order valence-corrected chi connectivity index (χ3v) is 3.08. The zero-order valence-corrected chi connectivity index (χ0v) is 9.34. The minimum atomic E-state index is -0.0697. The van der Waals surface area contributed by atoms with Crippen molar-refractivity contribution in [2.24, 2.45) is 5.41 Å². The molecule has 0 bridgehead atoms. The molecule has 0 aliphatic carbocycles. The van der Waals surface area contributed by atoms with Gasteiger partial charge in [-0.05, 0) is 46.2 Å². The second-order valence-electron chi connectivity index (χ2n) is 4.72. The van der Waals surface area contributed by atoms with E-state index in [9.17, 15) is 0 Å². The molecule has 0 spiro atoms. The van der Waals surface area contributed by atoms with Gasteiger partial charge in [-0.3, -0.25) is 0 Å². The van der Waals surface area contributed by atoms with Crippen LogP contribution in [0, 0.1) is 16.7 Å². The van der Waals surface area contributed by atoms with Crippen molar-refractivity contribution in [3.05, 3.63) is 12.2 Å². The fourth-order valence-electron chi connectivity index (χ4n) is 1.73. The summed E-state index contributed by atoms with van der Waals surface area (Å²) in [4.78, 5) is 2.44. The average Bonchev–Trinajstić information content (AvgIpc) is 2.17. The van der Waals surface area contributed by atoms with Crippen LogP contribution < -0.4 is 0 Å². The Bertz CT molecular complexity index is 242. The monoisotopic (exact) mass is 192 g/mol.